The van der Waals surface area contributed by atoms with Crippen LogP contribution in [0.4, 0.5) is 0 Å². The van der Waals surface area contributed by atoms with Gasteiger partial charge in [0.1, 0.15) is 10.5 Å². The summed E-state index contributed by atoms with van der Waals surface area (Å²) >= 11 is 0. The molecule has 0 saturated carbocycles. The first-order valence-electron chi connectivity index (χ1n) is 4.67. The molecule has 1 nitrogen and oxygen atoms in total. The zero-order chi connectivity index (χ0) is 8.74. The van der Waals surface area contributed by atoms with Crippen LogP contribution in [-0.2, 0) is 4.43 Å². The summed E-state index contributed by atoms with van der Waals surface area (Å²) in [7, 11) is 0.889. The molecule has 0 aromatic rings. The molecule has 0 aliphatic carbocycles. The van der Waals surface area contributed by atoms with Gasteiger partial charge in [0.25, 0.3) is 0 Å². The summed E-state index contributed by atoms with van der Waals surface area (Å²) in [6.45, 7) is 7.88. The maximum Gasteiger partial charge on any atom is 0.145 e. The van der Waals surface area contributed by atoms with E-state index < -0.39 is 0 Å². The Morgan fingerprint density at radius 2 is 1.91 bits per heavy atom. The van der Waals surface area contributed by atoms with Gasteiger partial charge in [-0.05, 0) is 18.3 Å². The van der Waals surface area contributed by atoms with Crippen LogP contribution < -0.4 is 0 Å². The molecule has 0 aliphatic rings. The highest BCUT2D eigenvalue weighted by Gasteiger charge is 2.19. The standard InChI is InChI=1S/C9H22OSi/c1-4-6-9(3,5-2)7-8-10-11/h4-8H2,1-3,11H3. The van der Waals surface area contributed by atoms with Gasteiger partial charge in [-0.2, -0.15) is 0 Å². The van der Waals surface area contributed by atoms with Crippen molar-refractivity contribution < 1.29 is 4.43 Å². The van der Waals surface area contributed by atoms with E-state index in [0.717, 1.165) is 17.1 Å². The van der Waals surface area contributed by atoms with Crippen LogP contribution >= 0.6 is 0 Å². The van der Waals surface area contributed by atoms with Gasteiger partial charge < -0.3 is 4.43 Å². The lowest BCUT2D eigenvalue weighted by Crippen LogP contribution is -2.17. The number of hydrogen-bond acceptors (Lipinski definition) is 1. The topological polar surface area (TPSA) is 9.23 Å². The Morgan fingerprint density at radius 3 is 2.27 bits per heavy atom. The number of hydrogen-bond donors (Lipinski definition) is 0. The van der Waals surface area contributed by atoms with Crippen molar-refractivity contribution in [1.82, 2.24) is 0 Å². The minimum absolute atomic E-state index is 0.541. The van der Waals surface area contributed by atoms with E-state index in [1.54, 1.807) is 0 Å². The van der Waals surface area contributed by atoms with E-state index in [9.17, 15) is 0 Å². The smallest absolute Gasteiger partial charge is 0.145 e. The lowest BCUT2D eigenvalue weighted by Gasteiger charge is -2.27. The van der Waals surface area contributed by atoms with Gasteiger partial charge in [-0.15, -0.1) is 0 Å². The Hall–Kier alpha value is 0.177. The Kier molecular flexibility index (Phi) is 5.87. The first kappa shape index (κ1) is 11.2. The fraction of sp³-hybridized carbons (Fsp3) is 1.00. The normalized spacial score (nSPS) is 16.6. The van der Waals surface area contributed by atoms with E-state index >= 15 is 0 Å². The molecule has 0 aliphatic heterocycles. The van der Waals surface area contributed by atoms with Crippen LogP contribution in [0.15, 0.2) is 0 Å². The second-order valence-electron chi connectivity index (χ2n) is 3.66. The quantitative estimate of drug-likeness (QED) is 0.559. The maximum atomic E-state index is 5.22. The van der Waals surface area contributed by atoms with Crippen molar-refractivity contribution >= 4 is 10.5 Å². The molecule has 0 fully saturated rings. The molecule has 1 unspecified atom stereocenters. The van der Waals surface area contributed by atoms with Gasteiger partial charge in [-0.3, -0.25) is 0 Å². The zero-order valence-electron chi connectivity index (χ0n) is 8.44. The molecule has 2 heteroatoms. The van der Waals surface area contributed by atoms with Crippen LogP contribution in [0, 0.1) is 5.41 Å². The summed E-state index contributed by atoms with van der Waals surface area (Å²) in [6, 6.07) is 0. The van der Waals surface area contributed by atoms with Crippen molar-refractivity contribution in [3.63, 3.8) is 0 Å². The highest BCUT2D eigenvalue weighted by Crippen LogP contribution is 2.30. The monoisotopic (exact) mass is 174 g/mol. The molecule has 0 rings (SSSR count). The van der Waals surface area contributed by atoms with E-state index in [0.29, 0.717) is 5.41 Å². The van der Waals surface area contributed by atoms with Crippen LogP contribution in [-0.4, -0.2) is 17.1 Å². The van der Waals surface area contributed by atoms with E-state index in [4.69, 9.17) is 4.43 Å². The second-order valence-corrected chi connectivity index (χ2v) is 4.23. The third-order valence-electron chi connectivity index (χ3n) is 2.62. The van der Waals surface area contributed by atoms with Crippen molar-refractivity contribution in [3.05, 3.63) is 0 Å². The maximum absolute atomic E-state index is 5.22. The SMILES string of the molecule is CCCC(C)(CC)CCO[SiH3]. The molecule has 0 heterocycles. The van der Waals surface area contributed by atoms with Crippen LogP contribution in [0.25, 0.3) is 0 Å². The van der Waals surface area contributed by atoms with Gasteiger partial charge in [0.15, 0.2) is 0 Å². The van der Waals surface area contributed by atoms with Crippen molar-refractivity contribution in [2.45, 2.75) is 46.5 Å². The third-order valence-corrected chi connectivity index (χ3v) is 3.03. The lowest BCUT2D eigenvalue weighted by atomic mass is 9.80. The van der Waals surface area contributed by atoms with Gasteiger partial charge in [0.05, 0.1) is 0 Å². The number of rotatable bonds is 6. The Balaban J connectivity index is 3.68. The Bertz CT molecular complexity index is 95.6. The summed E-state index contributed by atoms with van der Waals surface area (Å²) in [5.41, 5.74) is 0.541. The average molecular weight is 174 g/mol. The van der Waals surface area contributed by atoms with Crippen LogP contribution in [0.3, 0.4) is 0 Å². The van der Waals surface area contributed by atoms with Crippen LogP contribution in [0.2, 0.25) is 0 Å². The molecule has 11 heavy (non-hydrogen) atoms. The second kappa shape index (κ2) is 5.78. The molecule has 0 radical (unpaired) electrons. The molecule has 0 N–H and O–H groups in total. The fourth-order valence-corrected chi connectivity index (χ4v) is 1.63. The molecule has 0 aromatic carbocycles. The van der Waals surface area contributed by atoms with Crippen LogP contribution in [0.1, 0.15) is 46.5 Å². The molecule has 0 aromatic heterocycles. The van der Waals surface area contributed by atoms with Gasteiger partial charge >= 0.3 is 0 Å². The molecular formula is C9H22OSi. The minimum atomic E-state index is 0.541. The molecule has 68 valence electrons. The highest BCUT2D eigenvalue weighted by atomic mass is 28.2. The van der Waals surface area contributed by atoms with E-state index in [1.807, 2.05) is 0 Å². The minimum Gasteiger partial charge on any atom is -0.428 e. The van der Waals surface area contributed by atoms with E-state index in [2.05, 4.69) is 20.8 Å². The molecule has 0 spiro atoms. The molecule has 1 atom stereocenters. The first-order valence-corrected chi connectivity index (χ1v) is 5.49. The summed E-state index contributed by atoms with van der Waals surface area (Å²) < 4.78 is 5.22. The van der Waals surface area contributed by atoms with E-state index in [1.165, 1.54) is 25.7 Å². The molecular weight excluding hydrogens is 152 g/mol. The van der Waals surface area contributed by atoms with Crippen molar-refractivity contribution in [2.75, 3.05) is 6.61 Å². The molecule has 0 bridgehead atoms. The first-order chi connectivity index (χ1) is 5.18. The summed E-state index contributed by atoms with van der Waals surface area (Å²) in [5.74, 6) is 0. The summed E-state index contributed by atoms with van der Waals surface area (Å²) in [6.07, 6.45) is 5.16. The molecule has 0 amide bonds. The zero-order valence-corrected chi connectivity index (χ0v) is 10.4. The summed E-state index contributed by atoms with van der Waals surface area (Å²) in [5, 5.41) is 0. The predicted molar refractivity (Wildman–Crippen MR) is 53.8 cm³/mol. The molecule has 0 saturated heterocycles. The lowest BCUT2D eigenvalue weighted by molar-refractivity contribution is 0.200. The highest BCUT2D eigenvalue weighted by molar-refractivity contribution is 5.97. The van der Waals surface area contributed by atoms with Crippen molar-refractivity contribution in [2.24, 2.45) is 5.41 Å². The average Bonchev–Trinajstić information content (AvgIpc) is 2.02. The van der Waals surface area contributed by atoms with E-state index in [-0.39, 0.29) is 0 Å². The summed E-state index contributed by atoms with van der Waals surface area (Å²) in [4.78, 5) is 0. The van der Waals surface area contributed by atoms with Gasteiger partial charge in [0.2, 0.25) is 0 Å². The Labute approximate surface area is 74.1 Å². The van der Waals surface area contributed by atoms with Crippen molar-refractivity contribution in [3.8, 4) is 0 Å². The van der Waals surface area contributed by atoms with Gasteiger partial charge in [-0.25, -0.2) is 0 Å². The van der Waals surface area contributed by atoms with Crippen LogP contribution in [0.5, 0.6) is 0 Å². The van der Waals surface area contributed by atoms with Crippen molar-refractivity contribution in [1.29, 1.82) is 0 Å². The van der Waals surface area contributed by atoms with Gasteiger partial charge in [0, 0.05) is 6.61 Å². The fourth-order valence-electron chi connectivity index (χ4n) is 1.43. The Morgan fingerprint density at radius 1 is 1.27 bits per heavy atom. The van der Waals surface area contributed by atoms with Gasteiger partial charge in [-0.1, -0.05) is 33.6 Å². The predicted octanol–water partition coefficient (Wildman–Crippen LogP) is 1.89. The largest absolute Gasteiger partial charge is 0.428 e. The third kappa shape index (κ3) is 4.59.